The zero-order chi connectivity index (χ0) is 9.14. The average molecular weight is 169 g/mol. The summed E-state index contributed by atoms with van der Waals surface area (Å²) in [6, 6.07) is 0. The van der Waals surface area contributed by atoms with Crippen LogP contribution in [0.2, 0.25) is 0 Å². The van der Waals surface area contributed by atoms with Gasteiger partial charge in [-0.3, -0.25) is 11.8 Å². The first-order chi connectivity index (χ1) is 5.61. The Bertz CT molecular complexity index is 160. The summed E-state index contributed by atoms with van der Waals surface area (Å²) >= 11 is 0. The Balaban J connectivity index is 2.39. The fourth-order valence-corrected chi connectivity index (χ4v) is 1.33. The largest absolute Gasteiger partial charge is 0.456 e. The van der Waals surface area contributed by atoms with Crippen LogP contribution in [0.15, 0.2) is 0 Å². The predicted molar refractivity (Wildman–Crippen MR) is 48.3 cm³/mol. The maximum atomic E-state index is 11.5. The van der Waals surface area contributed by atoms with Crippen molar-refractivity contribution in [3.05, 3.63) is 7.05 Å². The monoisotopic (exact) mass is 169 g/mol. The number of hydrogen-bond acceptors (Lipinski definition) is 2. The maximum Gasteiger partial charge on any atom is 0.225 e. The fourth-order valence-electron chi connectivity index (χ4n) is 1.33. The Kier molecular flexibility index (Phi) is 3.09. The minimum Gasteiger partial charge on any atom is -0.456 e. The van der Waals surface area contributed by atoms with Crippen LogP contribution in [0.5, 0.6) is 0 Å². The van der Waals surface area contributed by atoms with Gasteiger partial charge in [0.15, 0.2) is 0 Å². The van der Waals surface area contributed by atoms with E-state index < -0.39 is 0 Å². The van der Waals surface area contributed by atoms with Crippen molar-refractivity contribution in [1.29, 1.82) is 0 Å². The quantitative estimate of drug-likeness (QED) is 0.536. The Morgan fingerprint density at radius 3 is 2.17 bits per heavy atom. The lowest BCUT2D eigenvalue weighted by molar-refractivity contribution is -0.135. The summed E-state index contributed by atoms with van der Waals surface area (Å²) in [7, 11) is 3.83. The van der Waals surface area contributed by atoms with Crippen molar-refractivity contribution in [2.45, 2.75) is 13.8 Å². The molecule has 0 aromatic heterocycles. The lowest BCUT2D eigenvalue weighted by Gasteiger charge is -2.37. The van der Waals surface area contributed by atoms with Gasteiger partial charge in [0.2, 0.25) is 5.91 Å². The second-order valence-electron chi connectivity index (χ2n) is 3.60. The van der Waals surface area contributed by atoms with Crippen LogP contribution in [0.4, 0.5) is 0 Å². The Hall–Kier alpha value is -0.570. The highest BCUT2D eigenvalue weighted by Crippen LogP contribution is 2.05. The van der Waals surface area contributed by atoms with Crippen molar-refractivity contribution in [2.75, 3.05) is 26.2 Å². The molecule has 0 unspecified atom stereocenters. The molecule has 1 amide bonds. The average Bonchev–Trinajstić information content (AvgIpc) is 2.04. The molecule has 70 valence electrons. The van der Waals surface area contributed by atoms with Crippen LogP contribution in [-0.2, 0) is 4.79 Å². The maximum absolute atomic E-state index is 11.5. The topological polar surface area (TPSA) is 23.6 Å². The Labute approximate surface area is 74.3 Å². The van der Waals surface area contributed by atoms with Gasteiger partial charge in [-0.05, 0) is 13.1 Å². The Morgan fingerprint density at radius 1 is 1.25 bits per heavy atom. The van der Waals surface area contributed by atoms with E-state index in [0.29, 0.717) is 0 Å². The number of piperazine rings is 1. The van der Waals surface area contributed by atoms with Gasteiger partial charge in [-0.1, -0.05) is 13.8 Å². The Morgan fingerprint density at radius 2 is 1.75 bits per heavy atom. The van der Waals surface area contributed by atoms with E-state index in [9.17, 15) is 4.79 Å². The third-order valence-corrected chi connectivity index (χ3v) is 2.18. The summed E-state index contributed by atoms with van der Waals surface area (Å²) in [6.07, 6.45) is 0. The van der Waals surface area contributed by atoms with Crippen LogP contribution in [0, 0.1) is 13.0 Å². The summed E-state index contributed by atoms with van der Waals surface area (Å²) < 4.78 is 0. The molecule has 1 rings (SSSR count). The van der Waals surface area contributed by atoms with Crippen LogP contribution >= 0.6 is 0 Å². The molecule has 1 aliphatic heterocycles. The van der Waals surface area contributed by atoms with Gasteiger partial charge in [-0.25, -0.2) is 0 Å². The molecule has 0 aromatic rings. The van der Waals surface area contributed by atoms with Crippen LogP contribution in [0.25, 0.3) is 0 Å². The fraction of sp³-hybridized carbons (Fsp3) is 0.778. The molecular weight excluding hydrogens is 152 g/mol. The molecule has 0 bridgehead atoms. The summed E-state index contributed by atoms with van der Waals surface area (Å²) in [4.78, 5) is 15.4. The highest BCUT2D eigenvalue weighted by Gasteiger charge is 2.18. The lowest BCUT2D eigenvalue weighted by Crippen LogP contribution is -2.47. The van der Waals surface area contributed by atoms with E-state index in [1.807, 2.05) is 23.6 Å². The van der Waals surface area contributed by atoms with Crippen molar-refractivity contribution >= 4 is 5.91 Å². The van der Waals surface area contributed by atoms with Gasteiger partial charge in [0.25, 0.3) is 0 Å². The number of hydrogen-bond donors (Lipinski definition) is 0. The molecule has 1 heterocycles. The van der Waals surface area contributed by atoms with E-state index in [1.54, 1.807) is 0 Å². The summed E-state index contributed by atoms with van der Waals surface area (Å²) in [5.74, 6) is 0.393. The van der Waals surface area contributed by atoms with Crippen molar-refractivity contribution < 1.29 is 4.79 Å². The van der Waals surface area contributed by atoms with Gasteiger partial charge in [0.05, 0.1) is 0 Å². The van der Waals surface area contributed by atoms with Gasteiger partial charge < -0.3 is 9.80 Å². The highest BCUT2D eigenvalue weighted by molar-refractivity contribution is 5.78. The van der Waals surface area contributed by atoms with Crippen molar-refractivity contribution in [2.24, 2.45) is 5.92 Å². The third-order valence-electron chi connectivity index (χ3n) is 2.18. The zero-order valence-corrected chi connectivity index (χ0v) is 7.92. The van der Waals surface area contributed by atoms with Crippen molar-refractivity contribution in [3.63, 3.8) is 0 Å². The van der Waals surface area contributed by atoms with Gasteiger partial charge in [-0.2, -0.15) is 0 Å². The molecule has 3 heteroatoms. The third kappa shape index (κ3) is 2.21. The molecule has 1 fully saturated rings. The van der Waals surface area contributed by atoms with E-state index in [0.717, 1.165) is 26.2 Å². The second kappa shape index (κ2) is 3.90. The summed E-state index contributed by atoms with van der Waals surface area (Å²) in [5, 5.41) is 0. The molecule has 0 aromatic carbocycles. The second-order valence-corrected chi connectivity index (χ2v) is 3.60. The van der Waals surface area contributed by atoms with Crippen LogP contribution in [0.3, 0.4) is 0 Å². The normalized spacial score (nSPS) is 20.2. The molecule has 0 saturated carbocycles. The van der Waals surface area contributed by atoms with E-state index in [2.05, 4.69) is 7.05 Å². The van der Waals surface area contributed by atoms with Gasteiger partial charge in [0.1, 0.15) is 0 Å². The summed E-state index contributed by atoms with van der Waals surface area (Å²) in [5.41, 5.74) is 0. The summed E-state index contributed by atoms with van der Waals surface area (Å²) in [6.45, 7) is 7.36. The number of rotatable bonds is 1. The van der Waals surface area contributed by atoms with E-state index >= 15 is 0 Å². The molecule has 0 spiro atoms. The van der Waals surface area contributed by atoms with E-state index in [4.69, 9.17) is 0 Å². The van der Waals surface area contributed by atoms with Crippen LogP contribution in [0.1, 0.15) is 13.8 Å². The lowest BCUT2D eigenvalue weighted by atomic mass is 10.2. The number of carbonyl (C=O) groups excluding carboxylic acids is 1. The molecule has 1 saturated heterocycles. The number of nitrogens with zero attached hydrogens (tertiary/aromatic N) is 2. The first kappa shape index (κ1) is 9.52. The molecule has 0 radical (unpaired) electrons. The van der Waals surface area contributed by atoms with Crippen molar-refractivity contribution in [1.82, 2.24) is 9.80 Å². The first-order valence-electron chi connectivity index (χ1n) is 4.45. The van der Waals surface area contributed by atoms with E-state index in [-0.39, 0.29) is 11.8 Å². The highest BCUT2D eigenvalue weighted by atomic mass is 16.2. The molecule has 3 nitrogen and oxygen atoms in total. The smallest absolute Gasteiger partial charge is 0.225 e. The molecule has 0 aliphatic carbocycles. The minimum absolute atomic E-state index is 0.126. The first-order valence-corrected chi connectivity index (χ1v) is 4.45. The molecular formula is C9H17N2O-. The molecule has 12 heavy (non-hydrogen) atoms. The molecule has 1 aliphatic rings. The molecule has 0 N–H and O–H groups in total. The van der Waals surface area contributed by atoms with E-state index in [1.165, 1.54) is 0 Å². The minimum atomic E-state index is 0.126. The van der Waals surface area contributed by atoms with Gasteiger partial charge in [-0.15, -0.1) is 0 Å². The number of carbonyl (C=O) groups is 1. The zero-order valence-electron chi connectivity index (χ0n) is 7.92. The van der Waals surface area contributed by atoms with Gasteiger partial charge >= 0.3 is 0 Å². The van der Waals surface area contributed by atoms with Crippen LogP contribution in [-0.4, -0.2) is 41.9 Å². The standard InChI is InChI=1S/C9H17N2O/c1-8(2)9(12)11-6-4-10(3)5-7-11/h8H,3-7H2,1-2H3/q-1. The van der Waals surface area contributed by atoms with Crippen molar-refractivity contribution in [3.8, 4) is 0 Å². The molecule has 0 atom stereocenters. The SMILES string of the molecule is [CH2-]N1CCN(C(=O)C(C)C)CC1. The predicted octanol–water partition coefficient (Wildman–Crippen LogP) is 0.578. The van der Waals surface area contributed by atoms with Crippen LogP contribution < -0.4 is 0 Å². The number of amides is 1. The van der Waals surface area contributed by atoms with Gasteiger partial charge in [0, 0.05) is 19.0 Å².